The minimum atomic E-state index is -2.75. The maximum absolute atomic E-state index is 11.3. The van der Waals surface area contributed by atoms with Crippen LogP contribution in [0.15, 0.2) is 0 Å². The minimum Gasteiger partial charge on any atom is -0.271 e. The Labute approximate surface area is 73.2 Å². The third-order valence-electron chi connectivity index (χ3n) is 1.13. The number of hydrogen-bond donors (Lipinski definition) is 2. The first-order chi connectivity index (χ1) is 5.12. The standard InChI is InChI=1S/C6H16ClN2OP/c1-3-5-8-11(7,10)9-6-4-2/h3-6H2,1-2H3,(H2,8,9,10). The molecule has 0 radical (unpaired) electrons. The molecule has 0 amide bonds. The maximum Gasteiger partial charge on any atom is 0.299 e. The molecule has 0 unspecified atom stereocenters. The predicted octanol–water partition coefficient (Wildman–Crippen LogP) is 2.33. The largest absolute Gasteiger partial charge is 0.299 e. The van der Waals surface area contributed by atoms with E-state index < -0.39 is 6.80 Å². The van der Waals surface area contributed by atoms with Gasteiger partial charge in [-0.05, 0) is 24.1 Å². The van der Waals surface area contributed by atoms with Gasteiger partial charge in [-0.2, -0.15) is 0 Å². The van der Waals surface area contributed by atoms with Gasteiger partial charge in [-0.25, -0.2) is 10.2 Å². The summed E-state index contributed by atoms with van der Waals surface area (Å²) < 4.78 is 11.3. The Morgan fingerprint density at radius 2 is 1.55 bits per heavy atom. The van der Waals surface area contributed by atoms with E-state index in [9.17, 15) is 4.57 Å². The molecular weight excluding hydrogens is 183 g/mol. The lowest BCUT2D eigenvalue weighted by Gasteiger charge is -2.11. The molecule has 3 nitrogen and oxygen atoms in total. The van der Waals surface area contributed by atoms with Gasteiger partial charge in [-0.15, -0.1) is 0 Å². The van der Waals surface area contributed by atoms with Gasteiger partial charge in [0.25, 0.3) is 6.80 Å². The summed E-state index contributed by atoms with van der Waals surface area (Å²) in [5, 5.41) is 5.51. The van der Waals surface area contributed by atoms with Gasteiger partial charge in [0.05, 0.1) is 0 Å². The lowest BCUT2D eigenvalue weighted by atomic mass is 10.5. The molecule has 0 aromatic rings. The number of rotatable bonds is 6. The van der Waals surface area contributed by atoms with Gasteiger partial charge in [0.1, 0.15) is 0 Å². The molecule has 0 atom stereocenters. The van der Waals surface area contributed by atoms with E-state index >= 15 is 0 Å². The molecular formula is C6H16ClN2OP. The van der Waals surface area contributed by atoms with E-state index in [2.05, 4.69) is 10.2 Å². The Kier molecular flexibility index (Phi) is 6.25. The normalized spacial score (nSPS) is 11.9. The van der Waals surface area contributed by atoms with Crippen molar-refractivity contribution in [2.45, 2.75) is 26.7 Å². The van der Waals surface area contributed by atoms with Gasteiger partial charge < -0.3 is 0 Å². The fourth-order valence-corrected chi connectivity index (χ4v) is 2.21. The van der Waals surface area contributed by atoms with E-state index in [4.69, 9.17) is 11.2 Å². The highest BCUT2D eigenvalue weighted by Crippen LogP contribution is 2.41. The molecule has 68 valence electrons. The van der Waals surface area contributed by atoms with E-state index in [1.165, 1.54) is 0 Å². The number of nitrogens with one attached hydrogen (secondary N) is 2. The predicted molar refractivity (Wildman–Crippen MR) is 50.0 cm³/mol. The molecule has 11 heavy (non-hydrogen) atoms. The van der Waals surface area contributed by atoms with Crippen LogP contribution >= 0.6 is 18.0 Å². The Morgan fingerprint density at radius 1 is 1.18 bits per heavy atom. The van der Waals surface area contributed by atoms with Crippen LogP contribution in [0.4, 0.5) is 0 Å². The van der Waals surface area contributed by atoms with Crippen molar-refractivity contribution in [3.8, 4) is 0 Å². The summed E-state index contributed by atoms with van der Waals surface area (Å²) in [7, 11) is 0. The second-order valence-corrected chi connectivity index (χ2v) is 5.47. The van der Waals surface area contributed by atoms with E-state index in [1.807, 2.05) is 13.8 Å². The second-order valence-electron chi connectivity index (χ2n) is 2.35. The molecule has 0 spiro atoms. The van der Waals surface area contributed by atoms with Crippen molar-refractivity contribution in [1.29, 1.82) is 0 Å². The fourth-order valence-electron chi connectivity index (χ4n) is 0.567. The van der Waals surface area contributed by atoms with Gasteiger partial charge in [-0.1, -0.05) is 13.8 Å². The summed E-state index contributed by atoms with van der Waals surface area (Å²) in [6, 6.07) is 0. The third kappa shape index (κ3) is 6.82. The molecule has 0 fully saturated rings. The topological polar surface area (TPSA) is 41.1 Å². The lowest BCUT2D eigenvalue weighted by Crippen LogP contribution is -2.20. The van der Waals surface area contributed by atoms with Crippen molar-refractivity contribution in [2.75, 3.05) is 13.1 Å². The average molecular weight is 199 g/mol. The number of halogens is 1. The first-order valence-corrected chi connectivity index (χ1v) is 6.53. The van der Waals surface area contributed by atoms with Gasteiger partial charge in [0.15, 0.2) is 0 Å². The zero-order valence-electron chi connectivity index (χ0n) is 7.06. The van der Waals surface area contributed by atoms with Crippen LogP contribution in [0.5, 0.6) is 0 Å². The maximum atomic E-state index is 11.3. The third-order valence-corrected chi connectivity index (χ3v) is 3.11. The average Bonchev–Trinajstić information content (AvgIpc) is 1.97. The number of hydrogen-bond acceptors (Lipinski definition) is 1. The molecule has 0 saturated heterocycles. The first kappa shape index (κ1) is 11.4. The molecule has 0 saturated carbocycles. The van der Waals surface area contributed by atoms with Crippen LogP contribution in [0.25, 0.3) is 0 Å². The quantitative estimate of drug-likeness (QED) is 0.644. The molecule has 0 aliphatic heterocycles. The van der Waals surface area contributed by atoms with Crippen molar-refractivity contribution in [1.82, 2.24) is 10.2 Å². The smallest absolute Gasteiger partial charge is 0.271 e. The summed E-state index contributed by atoms with van der Waals surface area (Å²) in [4.78, 5) is 0. The SMILES string of the molecule is CCCNP(=O)(Cl)NCCC. The monoisotopic (exact) mass is 198 g/mol. The molecule has 0 bridgehead atoms. The van der Waals surface area contributed by atoms with Crippen molar-refractivity contribution >= 4 is 18.0 Å². The lowest BCUT2D eigenvalue weighted by molar-refractivity contribution is 0.563. The molecule has 0 aliphatic rings. The van der Waals surface area contributed by atoms with Crippen molar-refractivity contribution in [3.05, 3.63) is 0 Å². The fraction of sp³-hybridized carbons (Fsp3) is 1.00. The highest BCUT2D eigenvalue weighted by atomic mass is 35.7. The summed E-state index contributed by atoms with van der Waals surface area (Å²) in [5.74, 6) is 0. The van der Waals surface area contributed by atoms with Gasteiger partial charge in [0.2, 0.25) is 0 Å². The Morgan fingerprint density at radius 3 is 1.82 bits per heavy atom. The zero-order valence-corrected chi connectivity index (χ0v) is 8.71. The van der Waals surface area contributed by atoms with Crippen LogP contribution in [0.2, 0.25) is 0 Å². The van der Waals surface area contributed by atoms with Crippen LogP contribution in [-0.4, -0.2) is 13.1 Å². The van der Waals surface area contributed by atoms with Crippen LogP contribution in [0.3, 0.4) is 0 Å². The van der Waals surface area contributed by atoms with Crippen LogP contribution in [0, 0.1) is 0 Å². The molecule has 0 aromatic heterocycles. The molecule has 0 aliphatic carbocycles. The molecule has 0 rings (SSSR count). The van der Waals surface area contributed by atoms with Gasteiger partial charge >= 0.3 is 0 Å². The summed E-state index contributed by atoms with van der Waals surface area (Å²) in [6.45, 7) is 2.64. The summed E-state index contributed by atoms with van der Waals surface area (Å²) in [6.07, 6.45) is 1.87. The Bertz CT molecular complexity index is 131. The van der Waals surface area contributed by atoms with Crippen LogP contribution < -0.4 is 10.2 Å². The van der Waals surface area contributed by atoms with Crippen LogP contribution in [-0.2, 0) is 4.57 Å². The van der Waals surface area contributed by atoms with E-state index in [1.54, 1.807) is 0 Å². The second kappa shape index (κ2) is 6.01. The minimum absolute atomic E-state index is 0.692. The molecule has 5 heteroatoms. The van der Waals surface area contributed by atoms with E-state index in [-0.39, 0.29) is 0 Å². The first-order valence-electron chi connectivity index (χ1n) is 3.92. The molecule has 0 aromatic carbocycles. The highest BCUT2D eigenvalue weighted by Gasteiger charge is 2.14. The van der Waals surface area contributed by atoms with Gasteiger partial charge in [0, 0.05) is 13.1 Å². The summed E-state index contributed by atoms with van der Waals surface area (Å²) >= 11 is 5.63. The zero-order chi connectivity index (χ0) is 8.74. The van der Waals surface area contributed by atoms with Gasteiger partial charge in [-0.3, -0.25) is 4.57 Å². The van der Waals surface area contributed by atoms with Crippen molar-refractivity contribution in [2.24, 2.45) is 0 Å². The van der Waals surface area contributed by atoms with Crippen molar-refractivity contribution < 1.29 is 4.57 Å². The molecule has 0 heterocycles. The van der Waals surface area contributed by atoms with Crippen LogP contribution in [0.1, 0.15) is 26.7 Å². The highest BCUT2D eigenvalue weighted by molar-refractivity contribution is 7.86. The molecule has 2 N–H and O–H groups in total. The Hall–Kier alpha value is 0.440. The Balaban J connectivity index is 3.53. The van der Waals surface area contributed by atoms with E-state index in [0.29, 0.717) is 13.1 Å². The van der Waals surface area contributed by atoms with Crippen molar-refractivity contribution in [3.63, 3.8) is 0 Å². The summed E-state index contributed by atoms with van der Waals surface area (Å²) in [5.41, 5.74) is 0. The van der Waals surface area contributed by atoms with E-state index in [0.717, 1.165) is 12.8 Å².